The summed E-state index contributed by atoms with van der Waals surface area (Å²) in [6.07, 6.45) is 3.60. The largest absolute Gasteiger partial charge is 0.494 e. The minimum Gasteiger partial charge on any atom is -0.494 e. The Kier molecular flexibility index (Phi) is 5.58. The number of benzene rings is 1. The van der Waals surface area contributed by atoms with Crippen LogP contribution >= 0.6 is 0 Å². The lowest BCUT2D eigenvalue weighted by Gasteiger charge is -2.34. The van der Waals surface area contributed by atoms with Crippen LogP contribution in [0.1, 0.15) is 49.9 Å². The van der Waals surface area contributed by atoms with Crippen molar-refractivity contribution in [3.63, 3.8) is 0 Å². The Hall–Kier alpha value is -2.70. The van der Waals surface area contributed by atoms with Crippen molar-refractivity contribution in [2.45, 2.75) is 45.6 Å². The number of carbonyl (C=O) groups is 4. The van der Waals surface area contributed by atoms with E-state index in [1.54, 1.807) is 24.3 Å². The van der Waals surface area contributed by atoms with Gasteiger partial charge in [0.25, 0.3) is 0 Å². The van der Waals surface area contributed by atoms with Gasteiger partial charge in [0.15, 0.2) is 5.78 Å². The number of ether oxygens (including phenoxy) is 1. The van der Waals surface area contributed by atoms with Crippen LogP contribution in [0.5, 0.6) is 5.75 Å². The second kappa shape index (κ2) is 7.90. The molecule has 2 atom stereocenters. The normalized spacial score (nSPS) is 23.1. The molecule has 0 unspecified atom stereocenters. The molecule has 3 rings (SSSR count). The summed E-state index contributed by atoms with van der Waals surface area (Å²) >= 11 is 0. The highest BCUT2D eigenvalue weighted by atomic mass is 16.5. The molecule has 1 saturated heterocycles. The third-order valence-corrected chi connectivity index (χ3v) is 5.27. The minimum atomic E-state index is -0.919. The predicted molar refractivity (Wildman–Crippen MR) is 97.3 cm³/mol. The second-order valence-corrected chi connectivity index (χ2v) is 7.06. The summed E-state index contributed by atoms with van der Waals surface area (Å²) in [5, 5.41) is 0. The molecule has 2 aliphatic rings. The molecule has 1 aromatic carbocycles. The number of nitrogens with zero attached hydrogens (tertiary/aromatic N) is 2. The molecule has 7 nitrogen and oxygen atoms in total. The van der Waals surface area contributed by atoms with Gasteiger partial charge in [-0.2, -0.15) is 0 Å². The summed E-state index contributed by atoms with van der Waals surface area (Å²) in [6, 6.07) is 5.54. The molecule has 4 amide bonds. The molecule has 1 heterocycles. The van der Waals surface area contributed by atoms with Crippen LogP contribution in [0.4, 0.5) is 4.79 Å². The number of urea groups is 1. The van der Waals surface area contributed by atoms with Gasteiger partial charge in [-0.15, -0.1) is 0 Å². The zero-order valence-electron chi connectivity index (χ0n) is 15.6. The molecular weight excluding hydrogens is 348 g/mol. The summed E-state index contributed by atoms with van der Waals surface area (Å²) < 4.78 is 5.33. The Balaban J connectivity index is 1.72. The third-order valence-electron chi connectivity index (χ3n) is 5.27. The lowest BCUT2D eigenvalue weighted by Crippen LogP contribution is -2.46. The van der Waals surface area contributed by atoms with Crippen molar-refractivity contribution in [1.82, 2.24) is 9.80 Å². The van der Waals surface area contributed by atoms with Crippen molar-refractivity contribution >= 4 is 23.6 Å². The molecule has 7 heteroatoms. The molecule has 0 bridgehead atoms. The molecule has 0 aromatic heterocycles. The van der Waals surface area contributed by atoms with Gasteiger partial charge in [0, 0.05) is 11.6 Å². The van der Waals surface area contributed by atoms with Crippen molar-refractivity contribution in [3.05, 3.63) is 29.8 Å². The van der Waals surface area contributed by atoms with Crippen LogP contribution in [0.25, 0.3) is 0 Å². The lowest BCUT2D eigenvalue weighted by molar-refractivity contribution is -0.144. The average molecular weight is 372 g/mol. The molecule has 1 aliphatic carbocycles. The first kappa shape index (κ1) is 19.1. The molecule has 144 valence electrons. The van der Waals surface area contributed by atoms with E-state index in [1.165, 1.54) is 0 Å². The van der Waals surface area contributed by atoms with Gasteiger partial charge in [-0.1, -0.05) is 19.8 Å². The van der Waals surface area contributed by atoms with Crippen molar-refractivity contribution in [1.29, 1.82) is 0 Å². The fourth-order valence-corrected chi connectivity index (χ4v) is 3.77. The number of carbonyl (C=O) groups excluding carboxylic acids is 4. The van der Waals surface area contributed by atoms with Crippen LogP contribution in [0, 0.1) is 5.92 Å². The van der Waals surface area contributed by atoms with Crippen LogP contribution < -0.4 is 4.74 Å². The molecule has 2 fully saturated rings. The summed E-state index contributed by atoms with van der Waals surface area (Å²) in [7, 11) is 0. The van der Waals surface area contributed by atoms with E-state index in [9.17, 15) is 19.2 Å². The van der Waals surface area contributed by atoms with Crippen molar-refractivity contribution in [2.24, 2.45) is 5.92 Å². The highest BCUT2D eigenvalue weighted by molar-refractivity contribution is 6.45. The number of ketones is 1. The maximum absolute atomic E-state index is 12.7. The third kappa shape index (κ3) is 3.72. The zero-order chi connectivity index (χ0) is 19.6. The molecule has 0 N–H and O–H groups in total. The SMILES string of the molecule is CCOc1ccc(C(=O)CN2C(=O)C(=O)N([C@@H]3CCCC[C@H]3C)C2=O)cc1. The van der Waals surface area contributed by atoms with Gasteiger partial charge in [-0.05, 0) is 49.9 Å². The lowest BCUT2D eigenvalue weighted by atomic mass is 9.85. The maximum atomic E-state index is 12.7. The van der Waals surface area contributed by atoms with Gasteiger partial charge in [-0.25, -0.2) is 9.69 Å². The van der Waals surface area contributed by atoms with Crippen LogP contribution in [0.2, 0.25) is 0 Å². The van der Waals surface area contributed by atoms with Gasteiger partial charge >= 0.3 is 17.8 Å². The molecule has 0 radical (unpaired) electrons. The Morgan fingerprint density at radius 3 is 2.37 bits per heavy atom. The monoisotopic (exact) mass is 372 g/mol. The van der Waals surface area contributed by atoms with Crippen LogP contribution in [-0.4, -0.2) is 52.6 Å². The van der Waals surface area contributed by atoms with Gasteiger partial charge in [0.2, 0.25) is 0 Å². The summed E-state index contributed by atoms with van der Waals surface area (Å²) in [4.78, 5) is 51.8. The van der Waals surface area contributed by atoms with E-state index in [1.807, 2.05) is 13.8 Å². The van der Waals surface area contributed by atoms with Crippen LogP contribution in [-0.2, 0) is 9.59 Å². The van der Waals surface area contributed by atoms with Gasteiger partial charge < -0.3 is 4.74 Å². The van der Waals surface area contributed by atoms with Crippen molar-refractivity contribution in [2.75, 3.05) is 13.2 Å². The first-order valence-electron chi connectivity index (χ1n) is 9.39. The molecule has 1 saturated carbocycles. The highest BCUT2D eigenvalue weighted by Gasteiger charge is 2.49. The smallest absolute Gasteiger partial charge is 0.334 e. The first-order valence-corrected chi connectivity index (χ1v) is 9.39. The predicted octanol–water partition coefficient (Wildman–Crippen LogP) is 2.64. The first-order chi connectivity index (χ1) is 12.9. The number of Topliss-reactive ketones (excluding diaryl/α,β-unsaturated/α-hetero) is 1. The molecule has 1 aromatic rings. The molecule has 0 spiro atoms. The second-order valence-electron chi connectivity index (χ2n) is 7.06. The summed E-state index contributed by atoms with van der Waals surface area (Å²) in [6.45, 7) is 3.93. The minimum absolute atomic E-state index is 0.154. The Bertz CT molecular complexity index is 758. The van der Waals surface area contributed by atoms with Gasteiger partial charge in [0.05, 0.1) is 13.2 Å². The van der Waals surface area contributed by atoms with Crippen molar-refractivity contribution < 1.29 is 23.9 Å². The number of amides is 4. The fourth-order valence-electron chi connectivity index (χ4n) is 3.77. The fraction of sp³-hybridized carbons (Fsp3) is 0.500. The molecular formula is C20H24N2O5. The number of rotatable bonds is 6. The van der Waals surface area contributed by atoms with E-state index in [2.05, 4.69) is 0 Å². The van der Waals surface area contributed by atoms with Crippen LogP contribution in [0.15, 0.2) is 24.3 Å². The van der Waals surface area contributed by atoms with Gasteiger partial charge in [0.1, 0.15) is 5.75 Å². The molecule has 1 aliphatic heterocycles. The van der Waals surface area contributed by atoms with E-state index >= 15 is 0 Å². The Morgan fingerprint density at radius 1 is 1.07 bits per heavy atom. The van der Waals surface area contributed by atoms with E-state index in [-0.39, 0.29) is 12.0 Å². The summed E-state index contributed by atoms with van der Waals surface area (Å²) in [5.41, 5.74) is 0.357. The van der Waals surface area contributed by atoms with E-state index in [0.29, 0.717) is 24.3 Å². The Labute approximate surface area is 158 Å². The molecule has 27 heavy (non-hydrogen) atoms. The van der Waals surface area contributed by atoms with E-state index in [0.717, 1.165) is 29.1 Å². The number of hydrogen-bond acceptors (Lipinski definition) is 5. The number of imide groups is 2. The maximum Gasteiger partial charge on any atom is 0.334 e. The number of hydrogen-bond donors (Lipinski definition) is 0. The van der Waals surface area contributed by atoms with Gasteiger partial charge in [-0.3, -0.25) is 19.3 Å². The highest BCUT2D eigenvalue weighted by Crippen LogP contribution is 2.31. The Morgan fingerprint density at radius 2 is 1.74 bits per heavy atom. The summed E-state index contributed by atoms with van der Waals surface area (Å²) in [5.74, 6) is -1.35. The topological polar surface area (TPSA) is 84.0 Å². The quantitative estimate of drug-likeness (QED) is 0.435. The zero-order valence-corrected chi connectivity index (χ0v) is 15.6. The van der Waals surface area contributed by atoms with E-state index < -0.39 is 30.2 Å². The van der Waals surface area contributed by atoms with Crippen LogP contribution in [0.3, 0.4) is 0 Å². The average Bonchev–Trinajstić information content (AvgIpc) is 2.87. The van der Waals surface area contributed by atoms with E-state index in [4.69, 9.17) is 4.74 Å². The van der Waals surface area contributed by atoms with Crippen molar-refractivity contribution in [3.8, 4) is 5.75 Å². The standard InChI is InChI=1S/C20H24N2O5/c1-3-27-15-10-8-14(9-11-15)17(23)12-21-18(24)19(25)22(20(21)26)16-7-5-4-6-13(16)2/h8-11,13,16H,3-7,12H2,1-2H3/t13-,16-/m1/s1.